The number of amides is 1. The average Bonchev–Trinajstić information content (AvgIpc) is 2.03. The largest absolute Gasteiger partial charge is 0.480 e. The van der Waals surface area contributed by atoms with Gasteiger partial charge in [0.05, 0.1) is 6.04 Å². The van der Waals surface area contributed by atoms with Crippen molar-refractivity contribution < 1.29 is 14.7 Å². The molecule has 4 N–H and O–H groups in total. The van der Waals surface area contributed by atoms with Gasteiger partial charge in [0.15, 0.2) is 0 Å². The standard InChI is InChI=1S/C9H18N2O3/c1-4-5-9(3,8(13)14)11-7(12)6(2)10/h6H,4-5,10H2,1-3H3,(H,11,12)(H,13,14)/t6-,9?/m0/s1. The number of hydrogen-bond donors (Lipinski definition) is 3. The van der Waals surface area contributed by atoms with Gasteiger partial charge in [-0.2, -0.15) is 0 Å². The maximum Gasteiger partial charge on any atom is 0.329 e. The molecule has 0 saturated carbocycles. The van der Waals surface area contributed by atoms with Crippen LogP contribution in [0.2, 0.25) is 0 Å². The smallest absolute Gasteiger partial charge is 0.329 e. The normalized spacial score (nSPS) is 16.9. The monoisotopic (exact) mass is 202 g/mol. The van der Waals surface area contributed by atoms with E-state index >= 15 is 0 Å². The molecule has 0 saturated heterocycles. The summed E-state index contributed by atoms with van der Waals surface area (Å²) in [6.45, 7) is 4.86. The van der Waals surface area contributed by atoms with Gasteiger partial charge < -0.3 is 16.2 Å². The highest BCUT2D eigenvalue weighted by Crippen LogP contribution is 2.12. The summed E-state index contributed by atoms with van der Waals surface area (Å²) in [5.74, 6) is -1.48. The Morgan fingerprint density at radius 3 is 2.36 bits per heavy atom. The minimum Gasteiger partial charge on any atom is -0.480 e. The summed E-state index contributed by atoms with van der Waals surface area (Å²) < 4.78 is 0. The Kier molecular flexibility index (Phi) is 4.56. The molecule has 0 aromatic carbocycles. The molecule has 0 spiro atoms. The third-order valence-corrected chi connectivity index (χ3v) is 2.03. The molecule has 1 amide bonds. The van der Waals surface area contributed by atoms with Crippen LogP contribution < -0.4 is 11.1 Å². The highest BCUT2D eigenvalue weighted by Gasteiger charge is 2.34. The second kappa shape index (κ2) is 4.95. The molecule has 14 heavy (non-hydrogen) atoms. The van der Waals surface area contributed by atoms with Gasteiger partial charge in [-0.1, -0.05) is 13.3 Å². The molecule has 5 nitrogen and oxygen atoms in total. The molecule has 0 heterocycles. The maximum absolute atomic E-state index is 11.2. The molecule has 0 aliphatic rings. The Labute approximate surface area is 83.7 Å². The lowest BCUT2D eigenvalue weighted by atomic mass is 9.96. The molecule has 0 bridgehead atoms. The quantitative estimate of drug-likeness (QED) is 0.589. The molecule has 0 aromatic heterocycles. The number of aliphatic carboxylic acids is 1. The van der Waals surface area contributed by atoms with E-state index in [2.05, 4.69) is 5.32 Å². The summed E-state index contributed by atoms with van der Waals surface area (Å²) in [6.07, 6.45) is 1.07. The zero-order valence-electron chi connectivity index (χ0n) is 8.83. The average molecular weight is 202 g/mol. The molecular weight excluding hydrogens is 184 g/mol. The lowest BCUT2D eigenvalue weighted by Crippen LogP contribution is -2.55. The SMILES string of the molecule is CCCC(C)(NC(=O)[C@H](C)N)C(=O)O. The first kappa shape index (κ1) is 12.9. The molecular formula is C9H18N2O3. The lowest BCUT2D eigenvalue weighted by molar-refractivity contribution is -0.147. The van der Waals surface area contributed by atoms with E-state index in [0.29, 0.717) is 12.8 Å². The van der Waals surface area contributed by atoms with E-state index in [0.717, 1.165) is 0 Å². The van der Waals surface area contributed by atoms with E-state index in [1.807, 2.05) is 6.92 Å². The fraction of sp³-hybridized carbons (Fsp3) is 0.778. The Bertz CT molecular complexity index is 228. The van der Waals surface area contributed by atoms with Gasteiger partial charge in [-0.05, 0) is 20.3 Å². The third kappa shape index (κ3) is 3.33. The first-order chi connectivity index (χ1) is 6.33. The van der Waals surface area contributed by atoms with Crippen LogP contribution in [0.4, 0.5) is 0 Å². The van der Waals surface area contributed by atoms with E-state index in [9.17, 15) is 9.59 Å². The zero-order chi connectivity index (χ0) is 11.4. The zero-order valence-corrected chi connectivity index (χ0v) is 8.83. The molecule has 1 unspecified atom stereocenters. The van der Waals surface area contributed by atoms with Crippen molar-refractivity contribution in [2.45, 2.75) is 45.2 Å². The Hall–Kier alpha value is -1.10. The van der Waals surface area contributed by atoms with Crippen LogP contribution >= 0.6 is 0 Å². The molecule has 0 rings (SSSR count). The molecule has 0 fully saturated rings. The molecule has 2 atom stereocenters. The van der Waals surface area contributed by atoms with E-state index in [1.165, 1.54) is 13.8 Å². The summed E-state index contributed by atoms with van der Waals surface area (Å²) in [5, 5.41) is 11.4. The van der Waals surface area contributed by atoms with Crippen LogP contribution in [0.3, 0.4) is 0 Å². The topological polar surface area (TPSA) is 92.4 Å². The van der Waals surface area contributed by atoms with E-state index < -0.39 is 23.5 Å². The van der Waals surface area contributed by atoms with Gasteiger partial charge in [-0.15, -0.1) is 0 Å². The van der Waals surface area contributed by atoms with Crippen molar-refractivity contribution >= 4 is 11.9 Å². The number of carbonyl (C=O) groups excluding carboxylic acids is 1. The van der Waals surface area contributed by atoms with Crippen LogP contribution in [-0.2, 0) is 9.59 Å². The highest BCUT2D eigenvalue weighted by molar-refractivity contribution is 5.88. The summed E-state index contributed by atoms with van der Waals surface area (Å²) >= 11 is 0. The Morgan fingerprint density at radius 2 is 2.07 bits per heavy atom. The van der Waals surface area contributed by atoms with Gasteiger partial charge in [0, 0.05) is 0 Å². The summed E-state index contributed by atoms with van der Waals surface area (Å²) in [4.78, 5) is 22.2. The van der Waals surface area contributed by atoms with Crippen molar-refractivity contribution in [3.05, 3.63) is 0 Å². The summed E-state index contributed by atoms with van der Waals surface area (Å²) in [5.41, 5.74) is 4.13. The molecule has 82 valence electrons. The van der Waals surface area contributed by atoms with Crippen LogP contribution in [0.25, 0.3) is 0 Å². The molecule has 0 aliphatic carbocycles. The molecule has 0 radical (unpaired) electrons. The van der Waals surface area contributed by atoms with E-state index in [1.54, 1.807) is 0 Å². The van der Waals surface area contributed by atoms with Gasteiger partial charge in [-0.25, -0.2) is 4.79 Å². The van der Waals surface area contributed by atoms with Crippen molar-refractivity contribution in [3.63, 3.8) is 0 Å². The second-order valence-corrected chi connectivity index (χ2v) is 3.67. The van der Waals surface area contributed by atoms with Gasteiger partial charge >= 0.3 is 5.97 Å². The number of hydrogen-bond acceptors (Lipinski definition) is 3. The lowest BCUT2D eigenvalue weighted by Gasteiger charge is -2.26. The minimum absolute atomic E-state index is 0.390. The maximum atomic E-state index is 11.2. The van der Waals surface area contributed by atoms with Gasteiger partial charge in [0.1, 0.15) is 5.54 Å². The van der Waals surface area contributed by atoms with Gasteiger partial charge in [0.25, 0.3) is 0 Å². The van der Waals surface area contributed by atoms with Crippen molar-refractivity contribution in [2.24, 2.45) is 5.73 Å². The number of rotatable bonds is 5. The number of carboxylic acids is 1. The third-order valence-electron chi connectivity index (χ3n) is 2.03. The fourth-order valence-corrected chi connectivity index (χ4v) is 1.11. The fourth-order valence-electron chi connectivity index (χ4n) is 1.11. The summed E-state index contributed by atoms with van der Waals surface area (Å²) in [6, 6.07) is -0.689. The van der Waals surface area contributed by atoms with Crippen molar-refractivity contribution in [1.29, 1.82) is 0 Å². The van der Waals surface area contributed by atoms with Crippen molar-refractivity contribution in [3.8, 4) is 0 Å². The van der Waals surface area contributed by atoms with E-state index in [4.69, 9.17) is 10.8 Å². The van der Waals surface area contributed by atoms with Gasteiger partial charge in [-0.3, -0.25) is 4.79 Å². The first-order valence-corrected chi connectivity index (χ1v) is 4.64. The van der Waals surface area contributed by atoms with Crippen molar-refractivity contribution in [2.75, 3.05) is 0 Å². The van der Waals surface area contributed by atoms with Crippen LogP contribution in [0, 0.1) is 0 Å². The number of nitrogens with one attached hydrogen (secondary N) is 1. The molecule has 0 aliphatic heterocycles. The predicted molar refractivity (Wildman–Crippen MR) is 52.7 cm³/mol. The second-order valence-electron chi connectivity index (χ2n) is 3.67. The summed E-state index contributed by atoms with van der Waals surface area (Å²) in [7, 11) is 0. The van der Waals surface area contributed by atoms with Crippen LogP contribution in [0.15, 0.2) is 0 Å². The number of carboxylic acid groups (broad SMARTS) is 1. The minimum atomic E-state index is -1.21. The highest BCUT2D eigenvalue weighted by atomic mass is 16.4. The molecule has 0 aromatic rings. The number of nitrogens with two attached hydrogens (primary N) is 1. The number of carbonyl (C=O) groups is 2. The molecule has 5 heteroatoms. The Balaban J connectivity index is 4.52. The Morgan fingerprint density at radius 1 is 1.57 bits per heavy atom. The van der Waals surface area contributed by atoms with Crippen LogP contribution in [0.5, 0.6) is 0 Å². The van der Waals surface area contributed by atoms with Crippen LogP contribution in [0.1, 0.15) is 33.6 Å². The van der Waals surface area contributed by atoms with Gasteiger partial charge in [0.2, 0.25) is 5.91 Å². The first-order valence-electron chi connectivity index (χ1n) is 4.64. The van der Waals surface area contributed by atoms with Crippen LogP contribution in [-0.4, -0.2) is 28.6 Å². The van der Waals surface area contributed by atoms with Crippen molar-refractivity contribution in [1.82, 2.24) is 5.32 Å². The van der Waals surface area contributed by atoms with E-state index in [-0.39, 0.29) is 0 Å². The predicted octanol–water partition coefficient (Wildman–Crippen LogP) is 0.0932.